The minimum Gasteiger partial charge on any atom is -0.510 e. The molecule has 0 radical (unpaired) electrons. The number of anilines is 1. The van der Waals surface area contributed by atoms with E-state index in [4.69, 9.17) is 15.4 Å². The van der Waals surface area contributed by atoms with Crippen molar-refractivity contribution in [3.05, 3.63) is 115 Å². The molecule has 0 aliphatic carbocycles. The van der Waals surface area contributed by atoms with Gasteiger partial charge in [-0.25, -0.2) is 4.98 Å². The molecule has 0 amide bonds. The normalized spacial score (nSPS) is 14.3. The van der Waals surface area contributed by atoms with E-state index in [1.165, 1.54) is 12.3 Å². The van der Waals surface area contributed by atoms with E-state index in [0.717, 1.165) is 16.3 Å². The second-order valence-corrected chi connectivity index (χ2v) is 8.13. The molecule has 0 unspecified atom stereocenters. The predicted octanol–water partition coefficient (Wildman–Crippen LogP) is 6.77. The Morgan fingerprint density at radius 3 is 2.72 bits per heavy atom. The van der Waals surface area contributed by atoms with Gasteiger partial charge in [-0.2, -0.15) is 12.7 Å². The standard InChI is InChI=1S/C29H20N5O.Pt/c1-20-10-11-31-29(14-20)34-27-7-5-4-6-25(27)26-9-8-23(18-28(26)34)35-24-16-21(30-2)15-22(17-24)33-13-12-32(3)19-33;/h4-16,19H,1,3H3;/q-3;/i1D3;. The number of aromatic nitrogens is 2. The third-order valence-corrected chi connectivity index (χ3v) is 5.74. The molecule has 0 N–H and O–H groups in total. The molecule has 7 heteroatoms. The molecular weight excluding hydrogens is 629 g/mol. The fourth-order valence-corrected chi connectivity index (χ4v) is 4.20. The van der Waals surface area contributed by atoms with Gasteiger partial charge in [-0.1, -0.05) is 23.7 Å². The number of para-hydroxylation sites is 1. The summed E-state index contributed by atoms with van der Waals surface area (Å²) in [4.78, 5) is 11.8. The average molecular weight is 653 g/mol. The molecule has 3 aromatic carbocycles. The first-order valence-electron chi connectivity index (χ1n) is 12.4. The van der Waals surface area contributed by atoms with Crippen molar-refractivity contribution >= 4 is 33.2 Å². The van der Waals surface area contributed by atoms with Gasteiger partial charge in [0.05, 0.1) is 12.3 Å². The van der Waals surface area contributed by atoms with E-state index in [1.807, 2.05) is 76.9 Å². The first-order chi connectivity index (χ1) is 18.3. The number of rotatable bonds is 4. The number of benzene rings is 3. The maximum absolute atomic E-state index is 7.84. The fourth-order valence-electron chi connectivity index (χ4n) is 4.20. The van der Waals surface area contributed by atoms with Gasteiger partial charge < -0.3 is 19.1 Å². The number of hydrogen-bond donors (Lipinski definition) is 0. The number of pyridine rings is 1. The average Bonchev–Trinajstić information content (AvgIpc) is 3.49. The van der Waals surface area contributed by atoms with Crippen LogP contribution in [0.15, 0.2) is 79.3 Å². The fraction of sp³-hybridized carbons (Fsp3) is 0.0690. The molecule has 0 fully saturated rings. The molecule has 0 atom stereocenters. The number of hydrogen-bond acceptors (Lipinski definition) is 4. The Morgan fingerprint density at radius 2 is 1.92 bits per heavy atom. The van der Waals surface area contributed by atoms with Gasteiger partial charge in [0.1, 0.15) is 5.82 Å². The second kappa shape index (κ2) is 9.53. The minimum absolute atomic E-state index is 0. The van der Waals surface area contributed by atoms with Crippen molar-refractivity contribution in [3.63, 3.8) is 0 Å². The zero-order chi connectivity index (χ0) is 26.4. The van der Waals surface area contributed by atoms with Crippen LogP contribution in [0.25, 0.3) is 32.5 Å². The van der Waals surface area contributed by atoms with E-state index in [0.29, 0.717) is 34.2 Å². The summed E-state index contributed by atoms with van der Waals surface area (Å²) >= 11 is 0. The topological polar surface area (TPSA) is 37.9 Å². The summed E-state index contributed by atoms with van der Waals surface area (Å²) in [5, 5.41) is 1.91. The summed E-state index contributed by atoms with van der Waals surface area (Å²) in [6.07, 6.45) is 5.28. The molecule has 0 bridgehead atoms. The van der Waals surface area contributed by atoms with Crippen molar-refractivity contribution in [1.29, 1.82) is 0 Å². The van der Waals surface area contributed by atoms with E-state index in [1.54, 1.807) is 18.2 Å². The number of ether oxygens (including phenoxy) is 1. The summed E-state index contributed by atoms with van der Waals surface area (Å²) in [7, 11) is 1.92. The molecule has 1 aliphatic heterocycles. The summed E-state index contributed by atoms with van der Waals surface area (Å²) in [6.45, 7) is 7.14. The van der Waals surface area contributed by atoms with Crippen LogP contribution >= 0.6 is 0 Å². The van der Waals surface area contributed by atoms with Crippen molar-refractivity contribution in [1.82, 2.24) is 14.5 Å². The van der Waals surface area contributed by atoms with Crippen molar-refractivity contribution in [2.45, 2.75) is 6.85 Å². The van der Waals surface area contributed by atoms with E-state index >= 15 is 0 Å². The van der Waals surface area contributed by atoms with Gasteiger partial charge in [0, 0.05) is 48.4 Å². The summed E-state index contributed by atoms with van der Waals surface area (Å²) < 4.78 is 31.6. The molecule has 0 saturated heterocycles. The summed E-state index contributed by atoms with van der Waals surface area (Å²) in [5.41, 5.74) is 2.87. The van der Waals surface area contributed by atoms with Crippen molar-refractivity contribution in [2.24, 2.45) is 0 Å². The van der Waals surface area contributed by atoms with Gasteiger partial charge in [0.2, 0.25) is 0 Å². The monoisotopic (exact) mass is 652 g/mol. The quantitative estimate of drug-likeness (QED) is 0.201. The van der Waals surface area contributed by atoms with Crippen LogP contribution in [0.4, 0.5) is 11.4 Å². The van der Waals surface area contributed by atoms with Crippen LogP contribution in [0.3, 0.4) is 0 Å². The molecule has 6 rings (SSSR count). The summed E-state index contributed by atoms with van der Waals surface area (Å²) in [5.74, 6) is 1.28. The van der Waals surface area contributed by atoms with Crippen LogP contribution < -0.4 is 9.64 Å². The molecule has 2 aromatic heterocycles. The van der Waals surface area contributed by atoms with Crippen LogP contribution in [0, 0.1) is 32.2 Å². The van der Waals surface area contributed by atoms with Gasteiger partial charge in [0.15, 0.2) is 0 Å². The van der Waals surface area contributed by atoms with Crippen molar-refractivity contribution in [2.75, 3.05) is 11.9 Å². The minimum atomic E-state index is -2.26. The SMILES string of the molecule is [2H]C([2H])([2H])c1ccnc(-n2c3[c-]c(Oc4[c-]c(N5C=CN(C)[CH-]5)cc([N+]#[C-])c4)ccc3c3ccccc32)c1.[Pt]. The third kappa shape index (κ3) is 4.23. The van der Waals surface area contributed by atoms with E-state index < -0.39 is 6.85 Å². The van der Waals surface area contributed by atoms with Crippen LogP contribution in [0.5, 0.6) is 11.5 Å². The molecule has 36 heavy (non-hydrogen) atoms. The zero-order valence-corrected chi connectivity index (χ0v) is 21.3. The van der Waals surface area contributed by atoms with Crippen LogP contribution in [-0.2, 0) is 21.1 Å². The second-order valence-electron chi connectivity index (χ2n) is 8.13. The van der Waals surface area contributed by atoms with Crippen LogP contribution in [0.2, 0.25) is 0 Å². The number of nitrogens with zero attached hydrogens (tertiary/aromatic N) is 5. The van der Waals surface area contributed by atoms with Crippen molar-refractivity contribution < 1.29 is 29.9 Å². The number of fused-ring (bicyclic) bond motifs is 3. The Labute approximate surface area is 228 Å². The summed E-state index contributed by atoms with van der Waals surface area (Å²) in [6, 6.07) is 24.6. The maximum atomic E-state index is 7.84. The van der Waals surface area contributed by atoms with E-state index in [2.05, 4.69) is 22.0 Å². The van der Waals surface area contributed by atoms with E-state index in [-0.39, 0.29) is 26.6 Å². The molecule has 0 spiro atoms. The van der Waals surface area contributed by atoms with Gasteiger partial charge in [-0.3, -0.25) is 4.85 Å². The van der Waals surface area contributed by atoms with Gasteiger partial charge >= 0.3 is 0 Å². The molecule has 6 nitrogen and oxygen atoms in total. The van der Waals surface area contributed by atoms with Crippen LogP contribution in [0.1, 0.15) is 9.68 Å². The molecule has 180 valence electrons. The largest absolute Gasteiger partial charge is 0.510 e. The number of aryl methyl sites for hydroxylation is 1. The van der Waals surface area contributed by atoms with Crippen molar-refractivity contribution in [3.8, 4) is 17.3 Å². The Bertz CT molecular complexity index is 1770. The Balaban J connectivity index is 0.00000308. The smallest absolute Gasteiger partial charge is 0.135 e. The molecule has 0 saturated carbocycles. The van der Waals surface area contributed by atoms with E-state index in [9.17, 15) is 0 Å². The Hall–Kier alpha value is -4.07. The van der Waals surface area contributed by atoms with Gasteiger partial charge in [-0.15, -0.1) is 41.4 Å². The molecule has 3 heterocycles. The maximum Gasteiger partial charge on any atom is 0.135 e. The Kier molecular flexibility index (Phi) is 5.33. The van der Waals surface area contributed by atoms with Gasteiger partial charge in [0.25, 0.3) is 0 Å². The zero-order valence-electron chi connectivity index (χ0n) is 22.0. The molecule has 1 aliphatic rings. The predicted molar refractivity (Wildman–Crippen MR) is 137 cm³/mol. The first kappa shape index (κ1) is 20.2. The Morgan fingerprint density at radius 1 is 1.03 bits per heavy atom. The third-order valence-electron chi connectivity index (χ3n) is 5.74. The molecular formula is C29H20N5OPt-3. The first-order valence-corrected chi connectivity index (χ1v) is 10.9. The molecule has 5 aromatic rings. The van der Waals surface area contributed by atoms with Crippen LogP contribution in [-0.4, -0.2) is 21.5 Å². The van der Waals surface area contributed by atoms with Gasteiger partial charge in [-0.05, 0) is 55.4 Å².